The number of aromatic nitrogens is 1. The minimum atomic E-state index is -4.55. The fourth-order valence-electron chi connectivity index (χ4n) is 3.17. The highest BCUT2D eigenvalue weighted by molar-refractivity contribution is 7.84. The van der Waals surface area contributed by atoms with Crippen LogP contribution in [-0.4, -0.2) is 52.6 Å². The van der Waals surface area contributed by atoms with Crippen LogP contribution < -0.4 is 4.57 Å². The van der Waals surface area contributed by atoms with E-state index in [1.807, 2.05) is 26.1 Å². The Morgan fingerprint density at radius 3 is 2.70 bits per heavy atom. The SMILES string of the molecule is Cc1cc[n+](CC(=O)N2CC[C@@H]3[C@H]2C(=O)N3S(=O)(=O)O)cc1C. The number of carbonyl (C=O) groups excluding carboxylic acids is 2. The van der Waals surface area contributed by atoms with E-state index in [9.17, 15) is 18.0 Å². The van der Waals surface area contributed by atoms with Crippen LogP contribution in [0.1, 0.15) is 17.5 Å². The quantitative estimate of drug-likeness (QED) is 0.441. The third-order valence-corrected chi connectivity index (χ3v) is 5.47. The lowest BCUT2D eigenvalue weighted by Gasteiger charge is -2.42. The molecule has 1 N–H and O–H groups in total. The first-order valence-electron chi connectivity index (χ1n) is 7.26. The predicted molar refractivity (Wildman–Crippen MR) is 78.4 cm³/mol. The summed E-state index contributed by atoms with van der Waals surface area (Å²) in [6, 6.07) is 0.479. The number of pyridine rings is 1. The van der Waals surface area contributed by atoms with Crippen LogP contribution in [0.25, 0.3) is 0 Å². The van der Waals surface area contributed by atoms with Crippen LogP contribution >= 0.6 is 0 Å². The topological polar surface area (TPSA) is 98.9 Å². The summed E-state index contributed by atoms with van der Waals surface area (Å²) < 4.78 is 33.6. The van der Waals surface area contributed by atoms with Crippen molar-refractivity contribution >= 4 is 22.1 Å². The molecule has 124 valence electrons. The van der Waals surface area contributed by atoms with E-state index in [0.717, 1.165) is 11.1 Å². The Labute approximate surface area is 134 Å². The van der Waals surface area contributed by atoms with Gasteiger partial charge in [0.15, 0.2) is 12.4 Å². The van der Waals surface area contributed by atoms with Gasteiger partial charge in [-0.15, -0.1) is 0 Å². The maximum atomic E-state index is 12.4. The number of β-lactam (4-membered cyclic amide) rings is 1. The minimum Gasteiger partial charge on any atom is -0.323 e. The van der Waals surface area contributed by atoms with Crippen LogP contribution in [0.3, 0.4) is 0 Å². The van der Waals surface area contributed by atoms with Crippen LogP contribution in [0.2, 0.25) is 0 Å². The molecule has 0 bridgehead atoms. The second-order valence-electron chi connectivity index (χ2n) is 5.98. The molecular weight excluding hydrogens is 322 g/mol. The van der Waals surface area contributed by atoms with Gasteiger partial charge < -0.3 is 4.90 Å². The number of fused-ring (bicyclic) bond motifs is 1. The van der Waals surface area contributed by atoms with Crippen molar-refractivity contribution in [2.75, 3.05) is 6.54 Å². The van der Waals surface area contributed by atoms with Crippen molar-refractivity contribution in [3.8, 4) is 0 Å². The first-order valence-corrected chi connectivity index (χ1v) is 8.66. The molecule has 9 heteroatoms. The molecule has 3 rings (SSSR count). The molecule has 0 aromatic carbocycles. The summed E-state index contributed by atoms with van der Waals surface area (Å²) in [5, 5.41) is 0. The lowest BCUT2D eigenvalue weighted by Crippen LogP contribution is -2.68. The van der Waals surface area contributed by atoms with Gasteiger partial charge >= 0.3 is 10.3 Å². The fourth-order valence-corrected chi connectivity index (χ4v) is 4.07. The maximum Gasteiger partial charge on any atom is 0.362 e. The Bertz CT molecular complexity index is 792. The van der Waals surface area contributed by atoms with E-state index in [1.165, 1.54) is 4.90 Å². The van der Waals surface area contributed by atoms with Crippen molar-refractivity contribution in [2.24, 2.45) is 0 Å². The van der Waals surface area contributed by atoms with Gasteiger partial charge in [-0.1, -0.05) is 0 Å². The standard InChI is InChI=1S/C14H17N3O5S/c1-9-3-5-15(7-10(9)2)8-12(18)16-6-4-11-13(16)14(19)17(11)23(20,21)22/h3,5,7,11,13H,4,6,8H2,1-2H3/p+1/t11-,13+/m1/s1. The largest absolute Gasteiger partial charge is 0.362 e. The Kier molecular flexibility index (Phi) is 3.64. The summed E-state index contributed by atoms with van der Waals surface area (Å²) in [6.45, 7) is 4.31. The van der Waals surface area contributed by atoms with Gasteiger partial charge in [-0.3, -0.25) is 14.1 Å². The number of rotatable bonds is 3. The number of aryl methyl sites for hydroxylation is 2. The molecule has 0 unspecified atom stereocenters. The van der Waals surface area contributed by atoms with Gasteiger partial charge in [0.2, 0.25) is 6.54 Å². The Morgan fingerprint density at radius 1 is 1.39 bits per heavy atom. The molecule has 0 aliphatic carbocycles. The summed E-state index contributed by atoms with van der Waals surface area (Å²) in [5.41, 5.74) is 2.17. The van der Waals surface area contributed by atoms with E-state index in [-0.39, 0.29) is 12.5 Å². The molecule has 0 saturated carbocycles. The molecule has 2 atom stereocenters. The summed E-state index contributed by atoms with van der Waals surface area (Å²) in [6.07, 6.45) is 3.99. The van der Waals surface area contributed by atoms with Crippen molar-refractivity contribution < 1.29 is 27.1 Å². The van der Waals surface area contributed by atoms with E-state index >= 15 is 0 Å². The van der Waals surface area contributed by atoms with Crippen molar-refractivity contribution in [3.05, 3.63) is 29.6 Å². The molecular formula is C14H18N3O5S+. The van der Waals surface area contributed by atoms with Crippen LogP contribution in [0.15, 0.2) is 18.5 Å². The summed E-state index contributed by atoms with van der Waals surface area (Å²) in [5.74, 6) is -0.984. The van der Waals surface area contributed by atoms with Gasteiger partial charge in [0.25, 0.3) is 11.8 Å². The molecule has 2 saturated heterocycles. The zero-order chi connectivity index (χ0) is 16.9. The maximum absolute atomic E-state index is 12.4. The van der Waals surface area contributed by atoms with Crippen molar-refractivity contribution in [3.63, 3.8) is 0 Å². The normalized spacial score (nSPS) is 23.7. The average molecular weight is 340 g/mol. The van der Waals surface area contributed by atoms with Crippen LogP contribution in [0.4, 0.5) is 0 Å². The summed E-state index contributed by atoms with van der Waals surface area (Å²) in [4.78, 5) is 25.8. The number of hydrogen-bond donors (Lipinski definition) is 1. The monoisotopic (exact) mass is 340 g/mol. The summed E-state index contributed by atoms with van der Waals surface area (Å²) >= 11 is 0. The van der Waals surface area contributed by atoms with Gasteiger partial charge in [0, 0.05) is 18.2 Å². The predicted octanol–water partition coefficient (Wildman–Crippen LogP) is -0.795. The number of amides is 2. The molecule has 2 fully saturated rings. The third-order valence-electron chi connectivity index (χ3n) is 4.52. The van der Waals surface area contributed by atoms with E-state index in [2.05, 4.69) is 0 Å². The van der Waals surface area contributed by atoms with Gasteiger partial charge in [0.05, 0.1) is 6.04 Å². The molecule has 0 spiro atoms. The molecule has 2 aliphatic heterocycles. The van der Waals surface area contributed by atoms with E-state index in [0.29, 0.717) is 17.3 Å². The van der Waals surface area contributed by atoms with E-state index in [4.69, 9.17) is 4.55 Å². The van der Waals surface area contributed by atoms with Crippen LogP contribution in [0.5, 0.6) is 0 Å². The Hall–Kier alpha value is -2.00. The minimum absolute atomic E-state index is 0.0868. The number of carbonyl (C=O) groups is 2. The van der Waals surface area contributed by atoms with Gasteiger partial charge in [-0.25, -0.2) is 4.31 Å². The average Bonchev–Trinajstić information content (AvgIpc) is 2.80. The smallest absolute Gasteiger partial charge is 0.323 e. The highest BCUT2D eigenvalue weighted by atomic mass is 32.2. The Morgan fingerprint density at radius 2 is 2.09 bits per heavy atom. The lowest BCUT2D eigenvalue weighted by molar-refractivity contribution is -0.685. The molecule has 2 amide bonds. The first kappa shape index (κ1) is 15.9. The van der Waals surface area contributed by atoms with Gasteiger partial charge in [0.1, 0.15) is 6.04 Å². The molecule has 8 nitrogen and oxygen atoms in total. The first-order chi connectivity index (χ1) is 10.7. The lowest BCUT2D eigenvalue weighted by atomic mass is 10.0. The second kappa shape index (κ2) is 5.27. The number of hydrogen-bond acceptors (Lipinski definition) is 4. The zero-order valence-corrected chi connectivity index (χ0v) is 13.7. The van der Waals surface area contributed by atoms with Crippen molar-refractivity contribution in [1.29, 1.82) is 0 Å². The van der Waals surface area contributed by atoms with Crippen molar-refractivity contribution in [1.82, 2.24) is 9.21 Å². The molecule has 1 aromatic heterocycles. The van der Waals surface area contributed by atoms with Crippen LogP contribution in [-0.2, 0) is 26.4 Å². The second-order valence-corrected chi connectivity index (χ2v) is 7.27. The zero-order valence-electron chi connectivity index (χ0n) is 12.8. The van der Waals surface area contributed by atoms with Crippen molar-refractivity contribution in [2.45, 2.75) is 38.9 Å². The van der Waals surface area contributed by atoms with Crippen LogP contribution in [0, 0.1) is 13.8 Å². The van der Waals surface area contributed by atoms with Gasteiger partial charge in [-0.2, -0.15) is 13.0 Å². The molecule has 2 aliphatic rings. The third kappa shape index (κ3) is 2.59. The summed E-state index contributed by atoms with van der Waals surface area (Å²) in [7, 11) is -4.55. The highest BCUT2D eigenvalue weighted by Crippen LogP contribution is 2.35. The van der Waals surface area contributed by atoms with E-state index in [1.54, 1.807) is 10.8 Å². The molecule has 3 heterocycles. The highest BCUT2D eigenvalue weighted by Gasteiger charge is 2.60. The molecule has 0 radical (unpaired) electrons. The van der Waals surface area contributed by atoms with Gasteiger partial charge in [-0.05, 0) is 25.8 Å². The van der Waals surface area contributed by atoms with E-state index < -0.39 is 28.3 Å². The number of nitrogens with zero attached hydrogens (tertiary/aromatic N) is 3. The molecule has 1 aromatic rings. The number of likely N-dealkylation sites (tertiary alicyclic amines) is 1. The fraction of sp³-hybridized carbons (Fsp3) is 0.500. The molecule has 23 heavy (non-hydrogen) atoms. The Balaban J connectivity index is 1.73.